The lowest BCUT2D eigenvalue weighted by Gasteiger charge is -2.14. The Bertz CT molecular complexity index is 449. The molecule has 0 heterocycles. The molecule has 0 atom stereocenters. The minimum atomic E-state index is 0.568. The summed E-state index contributed by atoms with van der Waals surface area (Å²) in [6, 6.07) is 7.97. The van der Waals surface area contributed by atoms with Gasteiger partial charge in [-0.25, -0.2) is 0 Å². The van der Waals surface area contributed by atoms with Crippen LogP contribution in [0.15, 0.2) is 24.3 Å². The lowest BCUT2D eigenvalue weighted by Crippen LogP contribution is -2.27. The minimum absolute atomic E-state index is 0.568. The van der Waals surface area contributed by atoms with E-state index in [1.54, 1.807) is 0 Å². The van der Waals surface area contributed by atoms with E-state index in [4.69, 9.17) is 29.2 Å². The largest absolute Gasteiger partial charge is 0.492 e. The van der Waals surface area contributed by atoms with Crippen LogP contribution in [0.25, 0.3) is 0 Å². The van der Waals surface area contributed by atoms with E-state index in [-0.39, 0.29) is 0 Å². The molecule has 0 fully saturated rings. The van der Waals surface area contributed by atoms with Crippen LogP contribution >= 0.6 is 36.2 Å². The second kappa shape index (κ2) is 8.35. The average Bonchev–Trinajstić information content (AvgIpc) is 2.34. The zero-order valence-electron chi connectivity index (χ0n) is 11.3. The number of rotatable bonds is 4. The van der Waals surface area contributed by atoms with Gasteiger partial charge < -0.3 is 15.0 Å². The fourth-order valence-electron chi connectivity index (χ4n) is 1.23. The van der Waals surface area contributed by atoms with Crippen molar-refractivity contribution in [3.8, 4) is 5.75 Å². The van der Waals surface area contributed by atoms with Crippen molar-refractivity contribution in [1.29, 1.82) is 0 Å². The Hall–Kier alpha value is -0.850. The van der Waals surface area contributed by atoms with Gasteiger partial charge in [0, 0.05) is 14.1 Å². The average molecular weight is 315 g/mol. The number of nitrogens with one attached hydrogen (secondary N) is 1. The van der Waals surface area contributed by atoms with E-state index in [0.29, 0.717) is 17.5 Å². The number of aryl methyl sites for hydroxylation is 1. The molecule has 0 aliphatic carbocycles. The summed E-state index contributed by atoms with van der Waals surface area (Å²) in [5, 5.41) is 3.11. The minimum Gasteiger partial charge on any atom is -0.492 e. The van der Waals surface area contributed by atoms with Gasteiger partial charge in [-0.15, -0.1) is 0 Å². The topological polar surface area (TPSA) is 24.5 Å². The van der Waals surface area contributed by atoms with E-state index in [9.17, 15) is 0 Å². The molecule has 0 bridgehead atoms. The van der Waals surface area contributed by atoms with Crippen molar-refractivity contribution >= 4 is 44.8 Å². The Morgan fingerprint density at radius 2 is 2.11 bits per heavy atom. The second-order valence-corrected chi connectivity index (χ2v) is 6.45. The molecule has 0 unspecified atom stereocenters. The molecule has 0 aliphatic heterocycles. The van der Waals surface area contributed by atoms with Crippen LogP contribution in [0.4, 0.5) is 0 Å². The standard InChI is InChI=1S/C13H18N2OS3/c1-10-5-4-6-11(9-10)16-8-7-14-12(17)19-13(18)15(2)3/h4-6,9H,7-8H2,1-3H3,(H,14,17). The van der Waals surface area contributed by atoms with Crippen molar-refractivity contribution < 1.29 is 4.74 Å². The third-order valence-electron chi connectivity index (χ3n) is 2.17. The highest BCUT2D eigenvalue weighted by Gasteiger charge is 2.04. The fourth-order valence-corrected chi connectivity index (χ4v) is 2.50. The lowest BCUT2D eigenvalue weighted by atomic mass is 10.2. The molecule has 0 spiro atoms. The summed E-state index contributed by atoms with van der Waals surface area (Å²) in [5.41, 5.74) is 1.19. The Balaban J connectivity index is 2.20. The SMILES string of the molecule is Cc1cccc(OCCNC(=S)SC(=S)N(C)C)c1. The van der Waals surface area contributed by atoms with E-state index < -0.39 is 0 Å². The highest BCUT2D eigenvalue weighted by molar-refractivity contribution is 8.37. The van der Waals surface area contributed by atoms with Gasteiger partial charge in [-0.05, 0) is 36.4 Å². The number of thiocarbonyl (C=S) groups is 2. The first-order valence-corrected chi connectivity index (χ1v) is 7.49. The summed E-state index contributed by atoms with van der Waals surface area (Å²) in [4.78, 5) is 1.86. The summed E-state index contributed by atoms with van der Waals surface area (Å²) in [7, 11) is 3.80. The summed E-state index contributed by atoms with van der Waals surface area (Å²) < 4.78 is 7.04. The van der Waals surface area contributed by atoms with Crippen LogP contribution in [-0.2, 0) is 0 Å². The van der Waals surface area contributed by atoms with E-state index in [0.717, 1.165) is 10.1 Å². The number of benzene rings is 1. The summed E-state index contributed by atoms with van der Waals surface area (Å²) >= 11 is 11.7. The molecule has 0 aromatic heterocycles. The number of nitrogens with zero attached hydrogens (tertiary/aromatic N) is 1. The van der Waals surface area contributed by atoms with Crippen LogP contribution in [-0.4, -0.2) is 40.8 Å². The Labute approximate surface area is 129 Å². The maximum absolute atomic E-state index is 5.62. The second-order valence-electron chi connectivity index (χ2n) is 4.14. The van der Waals surface area contributed by atoms with Crippen molar-refractivity contribution in [3.63, 3.8) is 0 Å². The number of thioether (sulfide) groups is 1. The molecule has 0 aliphatic rings. The van der Waals surface area contributed by atoms with E-state index >= 15 is 0 Å². The van der Waals surface area contributed by atoms with Gasteiger partial charge in [0.15, 0.2) is 0 Å². The molecule has 1 rings (SSSR count). The smallest absolute Gasteiger partial charge is 0.142 e. The van der Waals surface area contributed by atoms with Crippen LogP contribution in [0.2, 0.25) is 0 Å². The van der Waals surface area contributed by atoms with Crippen molar-refractivity contribution in [2.24, 2.45) is 0 Å². The van der Waals surface area contributed by atoms with Crippen molar-refractivity contribution in [2.45, 2.75) is 6.92 Å². The van der Waals surface area contributed by atoms with Crippen molar-refractivity contribution in [2.75, 3.05) is 27.2 Å². The molecular formula is C13H18N2OS3. The fraction of sp³-hybridized carbons (Fsp3) is 0.385. The highest BCUT2D eigenvalue weighted by atomic mass is 32.2. The predicted octanol–water partition coefficient (Wildman–Crippen LogP) is 2.83. The maximum atomic E-state index is 5.62. The third-order valence-corrected chi connectivity index (χ3v) is 4.05. The molecule has 3 nitrogen and oxygen atoms in total. The quantitative estimate of drug-likeness (QED) is 0.678. The van der Waals surface area contributed by atoms with Gasteiger partial charge in [0.2, 0.25) is 0 Å². The molecule has 0 radical (unpaired) electrons. The number of hydrogen-bond donors (Lipinski definition) is 1. The normalized spacial score (nSPS) is 9.84. The molecular weight excluding hydrogens is 296 g/mol. The number of ether oxygens (including phenoxy) is 1. The number of hydrogen-bond acceptors (Lipinski definition) is 4. The first-order valence-electron chi connectivity index (χ1n) is 5.85. The maximum Gasteiger partial charge on any atom is 0.142 e. The van der Waals surface area contributed by atoms with E-state index in [2.05, 4.69) is 5.32 Å². The van der Waals surface area contributed by atoms with Gasteiger partial charge >= 0.3 is 0 Å². The molecule has 6 heteroatoms. The van der Waals surface area contributed by atoms with Gasteiger partial charge in [0.1, 0.15) is 21.0 Å². The van der Waals surface area contributed by atoms with Gasteiger partial charge in [-0.2, -0.15) is 0 Å². The Morgan fingerprint density at radius 1 is 1.37 bits per heavy atom. The molecule has 1 aromatic carbocycles. The molecule has 0 saturated carbocycles. The molecule has 19 heavy (non-hydrogen) atoms. The van der Waals surface area contributed by atoms with Crippen molar-refractivity contribution in [1.82, 2.24) is 10.2 Å². The first kappa shape index (κ1) is 16.2. The third kappa shape index (κ3) is 6.75. The molecule has 1 aromatic rings. The van der Waals surface area contributed by atoms with Crippen LogP contribution < -0.4 is 10.1 Å². The van der Waals surface area contributed by atoms with Gasteiger partial charge in [-0.1, -0.05) is 36.6 Å². The van der Waals surface area contributed by atoms with Gasteiger partial charge in [0.25, 0.3) is 0 Å². The monoisotopic (exact) mass is 314 g/mol. The summed E-state index contributed by atoms with van der Waals surface area (Å²) in [5.74, 6) is 0.879. The van der Waals surface area contributed by atoms with Gasteiger partial charge in [-0.3, -0.25) is 0 Å². The summed E-state index contributed by atoms with van der Waals surface area (Å²) in [6.45, 7) is 3.27. The Kier molecular flexibility index (Phi) is 7.12. The lowest BCUT2D eigenvalue weighted by molar-refractivity contribution is 0.323. The summed E-state index contributed by atoms with van der Waals surface area (Å²) in [6.07, 6.45) is 0. The Morgan fingerprint density at radius 3 is 2.74 bits per heavy atom. The predicted molar refractivity (Wildman–Crippen MR) is 91.2 cm³/mol. The zero-order valence-corrected chi connectivity index (χ0v) is 13.8. The van der Waals surface area contributed by atoms with Crippen LogP contribution in [0, 0.1) is 6.92 Å². The van der Waals surface area contributed by atoms with Crippen LogP contribution in [0.3, 0.4) is 0 Å². The van der Waals surface area contributed by atoms with Crippen LogP contribution in [0.5, 0.6) is 5.75 Å². The van der Waals surface area contributed by atoms with E-state index in [1.165, 1.54) is 17.3 Å². The first-order chi connectivity index (χ1) is 8.99. The van der Waals surface area contributed by atoms with Gasteiger partial charge in [0.05, 0.1) is 6.54 Å². The zero-order chi connectivity index (χ0) is 14.3. The van der Waals surface area contributed by atoms with E-state index in [1.807, 2.05) is 50.2 Å². The van der Waals surface area contributed by atoms with Crippen molar-refractivity contribution in [3.05, 3.63) is 29.8 Å². The molecule has 0 saturated heterocycles. The molecule has 1 N–H and O–H groups in total. The highest BCUT2D eigenvalue weighted by Crippen LogP contribution is 2.12. The van der Waals surface area contributed by atoms with Crippen LogP contribution in [0.1, 0.15) is 5.56 Å². The molecule has 104 valence electrons. The molecule has 0 amide bonds.